The van der Waals surface area contributed by atoms with Crippen LogP contribution in [0.25, 0.3) is 0 Å². The van der Waals surface area contributed by atoms with Gasteiger partial charge in [0.05, 0.1) is 27.3 Å². The fourth-order valence-corrected chi connectivity index (χ4v) is 4.13. The van der Waals surface area contributed by atoms with Crippen LogP contribution in [0.5, 0.6) is 0 Å². The van der Waals surface area contributed by atoms with Gasteiger partial charge in [0.2, 0.25) is 5.91 Å². The minimum absolute atomic E-state index is 0.150. The molecule has 0 atom stereocenters. The van der Waals surface area contributed by atoms with Crippen molar-refractivity contribution in [3.63, 3.8) is 0 Å². The first-order chi connectivity index (χ1) is 13.3. The third kappa shape index (κ3) is 5.67. The second kappa shape index (κ2) is 9.86. The van der Waals surface area contributed by atoms with Crippen LogP contribution in [0.15, 0.2) is 30.3 Å². The zero-order valence-corrected chi connectivity index (χ0v) is 18.6. The molecule has 0 spiro atoms. The van der Waals surface area contributed by atoms with Crippen molar-refractivity contribution in [2.24, 2.45) is 0 Å². The number of carbonyl (C=O) groups is 1. The van der Waals surface area contributed by atoms with Gasteiger partial charge in [-0.15, -0.1) is 0 Å². The van der Waals surface area contributed by atoms with E-state index >= 15 is 0 Å². The van der Waals surface area contributed by atoms with E-state index in [2.05, 4.69) is 15.1 Å². The summed E-state index contributed by atoms with van der Waals surface area (Å²) in [4.78, 5) is 16.7. The Balaban J connectivity index is 1.50. The van der Waals surface area contributed by atoms with Crippen molar-refractivity contribution in [3.05, 3.63) is 61.0 Å². The highest BCUT2D eigenvalue weighted by atomic mass is 35.5. The SMILES string of the molecule is O=C(CN1CCN(Cc2c(Cl)cccc2Cl)CC1)Nc1cc(Cl)c(Cl)cc1Cl. The molecule has 4 nitrogen and oxygen atoms in total. The number of benzene rings is 2. The van der Waals surface area contributed by atoms with E-state index in [1.54, 1.807) is 6.07 Å². The van der Waals surface area contributed by atoms with Gasteiger partial charge >= 0.3 is 0 Å². The summed E-state index contributed by atoms with van der Waals surface area (Å²) >= 11 is 30.5. The fourth-order valence-electron chi connectivity index (χ4n) is 3.02. The Morgan fingerprint density at radius 2 is 1.39 bits per heavy atom. The lowest BCUT2D eigenvalue weighted by molar-refractivity contribution is -0.117. The number of hydrogen-bond acceptors (Lipinski definition) is 3. The molecule has 1 heterocycles. The zero-order chi connectivity index (χ0) is 20.3. The molecule has 150 valence electrons. The van der Waals surface area contributed by atoms with Gasteiger partial charge < -0.3 is 5.32 Å². The van der Waals surface area contributed by atoms with Crippen LogP contribution in [0.3, 0.4) is 0 Å². The monoisotopic (exact) mass is 479 g/mol. The molecule has 9 heteroatoms. The molecule has 28 heavy (non-hydrogen) atoms. The van der Waals surface area contributed by atoms with Gasteiger partial charge in [0.25, 0.3) is 0 Å². The van der Waals surface area contributed by atoms with Crippen molar-refractivity contribution in [3.8, 4) is 0 Å². The normalized spacial score (nSPS) is 15.6. The lowest BCUT2D eigenvalue weighted by atomic mass is 10.2. The van der Waals surface area contributed by atoms with Crippen LogP contribution in [0.2, 0.25) is 25.1 Å². The molecule has 3 rings (SSSR count). The first-order valence-corrected chi connectivity index (χ1v) is 10.5. The van der Waals surface area contributed by atoms with Crippen LogP contribution >= 0.6 is 58.0 Å². The average molecular weight is 482 g/mol. The van der Waals surface area contributed by atoms with Gasteiger partial charge in [0.1, 0.15) is 0 Å². The molecule has 1 aliphatic rings. The Morgan fingerprint density at radius 1 is 0.821 bits per heavy atom. The summed E-state index contributed by atoms with van der Waals surface area (Å²) in [7, 11) is 0. The summed E-state index contributed by atoms with van der Waals surface area (Å²) in [5.41, 5.74) is 1.39. The molecule has 0 aliphatic carbocycles. The number of halogens is 5. The third-order valence-electron chi connectivity index (χ3n) is 4.56. The Kier molecular flexibility index (Phi) is 7.74. The standard InChI is InChI=1S/C19H18Cl5N3O/c20-13-2-1-3-14(21)12(13)10-26-4-6-27(7-5-26)11-19(28)25-18-9-16(23)15(22)8-17(18)24/h1-3,8-9H,4-7,10-11H2,(H,25,28). The molecular formula is C19H18Cl5N3O. The topological polar surface area (TPSA) is 35.6 Å². The Bertz CT molecular complexity index is 849. The lowest BCUT2D eigenvalue weighted by Crippen LogP contribution is -2.48. The highest BCUT2D eigenvalue weighted by molar-refractivity contribution is 6.44. The molecule has 2 aromatic rings. The van der Waals surface area contributed by atoms with Crippen LogP contribution < -0.4 is 5.32 Å². The quantitative estimate of drug-likeness (QED) is 0.556. The van der Waals surface area contributed by atoms with Crippen LogP contribution in [-0.2, 0) is 11.3 Å². The summed E-state index contributed by atoms with van der Waals surface area (Å²) < 4.78 is 0. The largest absolute Gasteiger partial charge is 0.324 e. The zero-order valence-electron chi connectivity index (χ0n) is 14.8. The summed E-state index contributed by atoms with van der Waals surface area (Å²) in [5, 5.41) is 5.17. The molecule has 0 aromatic heterocycles. The number of hydrogen-bond donors (Lipinski definition) is 1. The van der Waals surface area contributed by atoms with Gasteiger partial charge in [0.15, 0.2) is 0 Å². The molecule has 0 unspecified atom stereocenters. The van der Waals surface area contributed by atoms with E-state index in [1.807, 2.05) is 18.2 Å². The maximum atomic E-state index is 12.4. The number of carbonyl (C=O) groups excluding carboxylic acids is 1. The molecule has 1 aliphatic heterocycles. The molecule has 1 amide bonds. The van der Waals surface area contributed by atoms with E-state index in [1.165, 1.54) is 6.07 Å². The van der Waals surface area contributed by atoms with Crippen LogP contribution in [-0.4, -0.2) is 48.4 Å². The van der Waals surface area contributed by atoms with E-state index in [9.17, 15) is 4.79 Å². The number of rotatable bonds is 5. The molecule has 0 bridgehead atoms. The molecular weight excluding hydrogens is 463 g/mol. The lowest BCUT2D eigenvalue weighted by Gasteiger charge is -2.34. The van der Waals surface area contributed by atoms with Crippen LogP contribution in [0.4, 0.5) is 5.69 Å². The van der Waals surface area contributed by atoms with E-state index in [-0.39, 0.29) is 12.5 Å². The number of amides is 1. The maximum absolute atomic E-state index is 12.4. The van der Waals surface area contributed by atoms with E-state index in [4.69, 9.17) is 58.0 Å². The Labute approximate surface area is 189 Å². The minimum Gasteiger partial charge on any atom is -0.324 e. The highest BCUT2D eigenvalue weighted by Gasteiger charge is 2.21. The summed E-state index contributed by atoms with van der Waals surface area (Å²) in [6.45, 7) is 4.15. The van der Waals surface area contributed by atoms with E-state index in [0.29, 0.717) is 37.3 Å². The van der Waals surface area contributed by atoms with E-state index in [0.717, 1.165) is 31.7 Å². The summed E-state index contributed by atoms with van der Waals surface area (Å²) in [5.74, 6) is -0.150. The predicted octanol–water partition coefficient (Wildman–Crippen LogP) is 5.71. The minimum atomic E-state index is -0.150. The van der Waals surface area contributed by atoms with Gasteiger partial charge in [-0.1, -0.05) is 64.1 Å². The van der Waals surface area contributed by atoms with Gasteiger partial charge in [-0.3, -0.25) is 14.6 Å². The second-order valence-corrected chi connectivity index (χ2v) is 8.58. The number of nitrogens with one attached hydrogen (secondary N) is 1. The predicted molar refractivity (Wildman–Crippen MR) is 118 cm³/mol. The molecule has 1 saturated heterocycles. The van der Waals surface area contributed by atoms with Gasteiger partial charge in [-0.2, -0.15) is 0 Å². The van der Waals surface area contributed by atoms with Crippen LogP contribution in [0, 0.1) is 0 Å². The molecule has 1 N–H and O–H groups in total. The molecule has 1 fully saturated rings. The van der Waals surface area contributed by atoms with Crippen molar-refractivity contribution >= 4 is 69.6 Å². The molecule has 2 aromatic carbocycles. The van der Waals surface area contributed by atoms with Crippen molar-refractivity contribution in [1.82, 2.24) is 9.80 Å². The first-order valence-electron chi connectivity index (χ1n) is 8.65. The smallest absolute Gasteiger partial charge is 0.238 e. The van der Waals surface area contributed by atoms with Crippen molar-refractivity contribution < 1.29 is 4.79 Å². The van der Waals surface area contributed by atoms with Gasteiger partial charge in [0, 0.05) is 48.3 Å². The Morgan fingerprint density at radius 3 is 2.04 bits per heavy atom. The van der Waals surface area contributed by atoms with Gasteiger partial charge in [-0.25, -0.2) is 0 Å². The molecule has 0 radical (unpaired) electrons. The highest BCUT2D eigenvalue weighted by Crippen LogP contribution is 2.32. The number of nitrogens with zero attached hydrogens (tertiary/aromatic N) is 2. The average Bonchev–Trinajstić information content (AvgIpc) is 2.64. The fraction of sp³-hybridized carbons (Fsp3) is 0.316. The Hall–Kier alpha value is -0.720. The van der Waals surface area contributed by atoms with Crippen molar-refractivity contribution in [2.75, 3.05) is 38.0 Å². The second-order valence-electron chi connectivity index (χ2n) is 6.55. The van der Waals surface area contributed by atoms with Crippen molar-refractivity contribution in [2.45, 2.75) is 6.54 Å². The van der Waals surface area contributed by atoms with Crippen molar-refractivity contribution in [1.29, 1.82) is 0 Å². The first kappa shape index (κ1) is 22.0. The number of anilines is 1. The summed E-state index contributed by atoms with van der Waals surface area (Å²) in [6.07, 6.45) is 0. The summed E-state index contributed by atoms with van der Waals surface area (Å²) in [6, 6.07) is 8.59. The molecule has 0 saturated carbocycles. The van der Waals surface area contributed by atoms with Gasteiger partial charge in [-0.05, 0) is 24.3 Å². The van der Waals surface area contributed by atoms with Crippen LogP contribution in [0.1, 0.15) is 5.56 Å². The number of piperazine rings is 1. The third-order valence-corrected chi connectivity index (χ3v) is 6.30. The maximum Gasteiger partial charge on any atom is 0.238 e. The van der Waals surface area contributed by atoms with E-state index < -0.39 is 0 Å².